The maximum atomic E-state index is 12.8. The molecule has 4 amide bonds. The monoisotopic (exact) mass is 411 g/mol. The lowest BCUT2D eigenvalue weighted by Gasteiger charge is -2.19. The SMILES string of the molecule is CC(C)NC(=O)NC(=O)COC(=O)c1ccccc1C(=O)N(C)Cc1ccccc1. The molecule has 0 spiro atoms. The summed E-state index contributed by atoms with van der Waals surface area (Å²) in [4.78, 5) is 50.1. The first-order valence-corrected chi connectivity index (χ1v) is 9.43. The minimum absolute atomic E-state index is 0.0434. The van der Waals surface area contributed by atoms with Gasteiger partial charge in [-0.3, -0.25) is 14.9 Å². The highest BCUT2D eigenvalue weighted by atomic mass is 16.5. The standard InChI is InChI=1S/C22H25N3O5/c1-15(2)23-22(29)24-19(26)14-30-21(28)18-12-8-7-11-17(18)20(27)25(3)13-16-9-5-4-6-10-16/h4-12,15H,13-14H2,1-3H3,(H2,23,24,26,29). The van der Waals surface area contributed by atoms with Crippen LogP contribution in [-0.4, -0.2) is 48.4 Å². The Bertz CT molecular complexity index is 912. The molecule has 0 atom stereocenters. The Morgan fingerprint density at radius 1 is 0.933 bits per heavy atom. The van der Waals surface area contributed by atoms with Crippen LogP contribution in [0.15, 0.2) is 54.6 Å². The molecule has 0 aliphatic rings. The van der Waals surface area contributed by atoms with E-state index in [0.717, 1.165) is 5.56 Å². The largest absolute Gasteiger partial charge is 0.452 e. The number of ether oxygens (including phenoxy) is 1. The van der Waals surface area contributed by atoms with Gasteiger partial charge in [-0.05, 0) is 31.5 Å². The van der Waals surface area contributed by atoms with Crippen LogP contribution in [-0.2, 0) is 16.1 Å². The van der Waals surface area contributed by atoms with Crippen molar-refractivity contribution in [1.82, 2.24) is 15.5 Å². The average Bonchev–Trinajstić information content (AvgIpc) is 2.71. The van der Waals surface area contributed by atoms with E-state index in [4.69, 9.17) is 4.74 Å². The Labute approximate surface area is 175 Å². The molecule has 8 nitrogen and oxygen atoms in total. The number of carbonyl (C=O) groups is 4. The van der Waals surface area contributed by atoms with Crippen molar-refractivity contribution in [1.29, 1.82) is 0 Å². The second kappa shape index (κ2) is 10.8. The molecular weight excluding hydrogens is 386 g/mol. The molecule has 0 heterocycles. The number of benzene rings is 2. The molecule has 0 aliphatic heterocycles. The summed E-state index contributed by atoms with van der Waals surface area (Å²) in [7, 11) is 1.64. The van der Waals surface area contributed by atoms with Crippen LogP contribution in [0.1, 0.15) is 40.1 Å². The average molecular weight is 411 g/mol. The van der Waals surface area contributed by atoms with Crippen LogP contribution >= 0.6 is 0 Å². The van der Waals surface area contributed by atoms with Crippen molar-refractivity contribution in [2.24, 2.45) is 0 Å². The number of nitrogens with zero attached hydrogens (tertiary/aromatic N) is 1. The summed E-state index contributed by atoms with van der Waals surface area (Å²) in [5, 5.41) is 4.55. The second-order valence-electron chi connectivity index (χ2n) is 6.94. The van der Waals surface area contributed by atoms with Gasteiger partial charge in [0.15, 0.2) is 6.61 Å². The Balaban J connectivity index is 2.01. The van der Waals surface area contributed by atoms with Gasteiger partial charge in [0.05, 0.1) is 11.1 Å². The lowest BCUT2D eigenvalue weighted by Crippen LogP contribution is -2.44. The number of hydrogen-bond donors (Lipinski definition) is 2. The van der Waals surface area contributed by atoms with E-state index >= 15 is 0 Å². The van der Waals surface area contributed by atoms with Crippen LogP contribution in [0.3, 0.4) is 0 Å². The van der Waals surface area contributed by atoms with Gasteiger partial charge in [0.2, 0.25) is 0 Å². The third-order valence-corrected chi connectivity index (χ3v) is 3.99. The quantitative estimate of drug-likeness (QED) is 0.681. The summed E-state index contributed by atoms with van der Waals surface area (Å²) in [5.74, 6) is -1.95. The Hall–Kier alpha value is -3.68. The Morgan fingerprint density at radius 3 is 2.17 bits per heavy atom. The molecule has 8 heteroatoms. The van der Waals surface area contributed by atoms with E-state index in [1.165, 1.54) is 17.0 Å². The minimum atomic E-state index is -0.827. The highest BCUT2D eigenvalue weighted by Gasteiger charge is 2.21. The topological polar surface area (TPSA) is 105 Å². The highest BCUT2D eigenvalue weighted by Crippen LogP contribution is 2.14. The molecular formula is C22H25N3O5. The molecule has 158 valence electrons. The first-order chi connectivity index (χ1) is 14.3. The van der Waals surface area contributed by atoms with Crippen LogP contribution in [0, 0.1) is 0 Å². The van der Waals surface area contributed by atoms with Gasteiger partial charge >= 0.3 is 12.0 Å². The fraction of sp³-hybridized carbons (Fsp3) is 0.273. The maximum absolute atomic E-state index is 12.8. The van der Waals surface area contributed by atoms with Crippen molar-refractivity contribution in [3.63, 3.8) is 0 Å². The number of amides is 4. The molecule has 0 saturated heterocycles. The van der Waals surface area contributed by atoms with E-state index in [1.54, 1.807) is 33.0 Å². The zero-order valence-corrected chi connectivity index (χ0v) is 17.2. The van der Waals surface area contributed by atoms with Crippen molar-refractivity contribution >= 4 is 23.8 Å². The van der Waals surface area contributed by atoms with Crippen LogP contribution in [0.2, 0.25) is 0 Å². The van der Waals surface area contributed by atoms with Gasteiger partial charge in [-0.2, -0.15) is 0 Å². The van der Waals surface area contributed by atoms with E-state index in [1.807, 2.05) is 30.3 Å². The molecule has 0 aliphatic carbocycles. The third-order valence-electron chi connectivity index (χ3n) is 3.99. The van der Waals surface area contributed by atoms with E-state index in [9.17, 15) is 19.2 Å². The number of esters is 1. The summed E-state index contributed by atoms with van der Waals surface area (Å²) in [6.45, 7) is 3.21. The molecule has 30 heavy (non-hydrogen) atoms. The summed E-state index contributed by atoms with van der Waals surface area (Å²) in [5.41, 5.74) is 1.16. The molecule has 2 N–H and O–H groups in total. The lowest BCUT2D eigenvalue weighted by atomic mass is 10.1. The summed E-state index contributed by atoms with van der Waals surface area (Å²) < 4.78 is 4.98. The van der Waals surface area contributed by atoms with Crippen LogP contribution in [0.5, 0.6) is 0 Å². The zero-order chi connectivity index (χ0) is 22.1. The van der Waals surface area contributed by atoms with E-state index in [2.05, 4.69) is 10.6 Å². The molecule has 2 rings (SSSR count). The molecule has 0 fully saturated rings. The van der Waals surface area contributed by atoms with Crippen molar-refractivity contribution in [3.05, 3.63) is 71.3 Å². The second-order valence-corrected chi connectivity index (χ2v) is 6.94. The van der Waals surface area contributed by atoms with Gasteiger partial charge in [0.1, 0.15) is 0 Å². The third kappa shape index (κ3) is 6.73. The highest BCUT2D eigenvalue weighted by molar-refractivity contribution is 6.06. The van der Waals surface area contributed by atoms with E-state index in [-0.39, 0.29) is 23.1 Å². The van der Waals surface area contributed by atoms with Crippen molar-refractivity contribution in [2.75, 3.05) is 13.7 Å². The summed E-state index contributed by atoms with van der Waals surface area (Å²) in [6, 6.07) is 14.8. The maximum Gasteiger partial charge on any atom is 0.339 e. The number of rotatable bonds is 7. The normalized spacial score (nSPS) is 10.3. The molecule has 0 unspecified atom stereocenters. The lowest BCUT2D eigenvalue weighted by molar-refractivity contribution is -0.123. The predicted molar refractivity (Wildman–Crippen MR) is 111 cm³/mol. The fourth-order valence-corrected chi connectivity index (χ4v) is 2.65. The Kier molecular flexibility index (Phi) is 8.10. The summed E-state index contributed by atoms with van der Waals surface area (Å²) >= 11 is 0. The summed E-state index contributed by atoms with van der Waals surface area (Å²) in [6.07, 6.45) is 0. The molecule has 0 radical (unpaired) electrons. The Morgan fingerprint density at radius 2 is 1.53 bits per heavy atom. The number of nitrogens with one attached hydrogen (secondary N) is 2. The van der Waals surface area contributed by atoms with E-state index < -0.39 is 24.5 Å². The molecule has 0 saturated carbocycles. The zero-order valence-electron chi connectivity index (χ0n) is 17.2. The van der Waals surface area contributed by atoms with Crippen LogP contribution < -0.4 is 10.6 Å². The van der Waals surface area contributed by atoms with Gasteiger partial charge in [-0.25, -0.2) is 9.59 Å². The number of urea groups is 1. The van der Waals surface area contributed by atoms with Gasteiger partial charge in [0.25, 0.3) is 11.8 Å². The number of hydrogen-bond acceptors (Lipinski definition) is 5. The molecule has 2 aromatic carbocycles. The molecule has 2 aromatic rings. The van der Waals surface area contributed by atoms with E-state index in [0.29, 0.717) is 6.54 Å². The van der Waals surface area contributed by atoms with Gasteiger partial charge in [0, 0.05) is 19.6 Å². The fourth-order valence-electron chi connectivity index (χ4n) is 2.65. The van der Waals surface area contributed by atoms with Crippen LogP contribution in [0.25, 0.3) is 0 Å². The van der Waals surface area contributed by atoms with Crippen molar-refractivity contribution < 1.29 is 23.9 Å². The smallest absolute Gasteiger partial charge is 0.339 e. The molecule has 0 aromatic heterocycles. The van der Waals surface area contributed by atoms with Crippen LogP contribution in [0.4, 0.5) is 4.79 Å². The predicted octanol–water partition coefficient (Wildman–Crippen LogP) is 2.35. The van der Waals surface area contributed by atoms with Gasteiger partial charge in [-0.15, -0.1) is 0 Å². The first kappa shape index (κ1) is 22.6. The first-order valence-electron chi connectivity index (χ1n) is 9.43. The number of imide groups is 1. The van der Waals surface area contributed by atoms with Gasteiger partial charge < -0.3 is 15.0 Å². The van der Waals surface area contributed by atoms with Gasteiger partial charge in [-0.1, -0.05) is 42.5 Å². The van der Waals surface area contributed by atoms with Crippen molar-refractivity contribution in [3.8, 4) is 0 Å². The van der Waals surface area contributed by atoms with Crippen molar-refractivity contribution in [2.45, 2.75) is 26.4 Å². The minimum Gasteiger partial charge on any atom is -0.452 e. The number of carbonyl (C=O) groups excluding carboxylic acids is 4. The molecule has 0 bridgehead atoms.